The summed E-state index contributed by atoms with van der Waals surface area (Å²) in [6.07, 6.45) is 6.19. The smallest absolute Gasteiger partial charge is 0.224 e. The SMILES string of the molecule is Cc1cc(F)ccc1NC(=O)CCC1CCCN(C2Cc3ccccc3C2)C1. The van der Waals surface area contributed by atoms with Crippen molar-refractivity contribution in [2.45, 2.75) is 51.5 Å². The summed E-state index contributed by atoms with van der Waals surface area (Å²) in [5, 5.41) is 2.94. The van der Waals surface area contributed by atoms with E-state index < -0.39 is 0 Å². The van der Waals surface area contributed by atoms with Crippen molar-refractivity contribution in [3.8, 4) is 0 Å². The number of halogens is 1. The van der Waals surface area contributed by atoms with Crippen molar-refractivity contribution >= 4 is 11.6 Å². The molecule has 1 heterocycles. The van der Waals surface area contributed by atoms with Crippen LogP contribution in [0, 0.1) is 18.7 Å². The summed E-state index contributed by atoms with van der Waals surface area (Å²) in [6.45, 7) is 4.09. The number of anilines is 1. The van der Waals surface area contributed by atoms with E-state index in [2.05, 4.69) is 34.5 Å². The minimum absolute atomic E-state index is 0.0279. The Kier molecular flexibility index (Phi) is 5.77. The number of likely N-dealkylation sites (tertiary alicyclic amines) is 1. The molecule has 1 aliphatic carbocycles. The standard InChI is InChI=1S/C24H29FN2O/c1-17-13-21(25)9-10-23(17)26-24(28)11-8-18-5-4-12-27(16-18)22-14-19-6-2-3-7-20(19)15-22/h2-3,6-7,9-10,13,18,22H,4-5,8,11-12,14-16H2,1H3,(H,26,28). The quantitative estimate of drug-likeness (QED) is 0.813. The van der Waals surface area contributed by atoms with Gasteiger partial charge in [-0.05, 0) is 86.4 Å². The van der Waals surface area contributed by atoms with Crippen LogP contribution in [0.1, 0.15) is 42.4 Å². The van der Waals surface area contributed by atoms with Crippen LogP contribution in [-0.4, -0.2) is 29.9 Å². The van der Waals surface area contributed by atoms with Gasteiger partial charge in [0.25, 0.3) is 0 Å². The minimum Gasteiger partial charge on any atom is -0.326 e. The molecule has 1 unspecified atom stereocenters. The van der Waals surface area contributed by atoms with Gasteiger partial charge in [-0.2, -0.15) is 0 Å². The van der Waals surface area contributed by atoms with Crippen molar-refractivity contribution in [3.63, 3.8) is 0 Å². The van der Waals surface area contributed by atoms with Gasteiger partial charge in [0.05, 0.1) is 0 Å². The molecule has 3 nitrogen and oxygen atoms in total. The van der Waals surface area contributed by atoms with E-state index in [1.54, 1.807) is 6.07 Å². The van der Waals surface area contributed by atoms with Gasteiger partial charge in [-0.3, -0.25) is 9.69 Å². The number of carbonyl (C=O) groups excluding carboxylic acids is 1. The fourth-order valence-electron chi connectivity index (χ4n) is 4.77. The average molecular weight is 381 g/mol. The van der Waals surface area contributed by atoms with E-state index in [1.165, 1.54) is 42.6 Å². The van der Waals surface area contributed by atoms with E-state index in [9.17, 15) is 9.18 Å². The van der Waals surface area contributed by atoms with Crippen LogP contribution in [0.25, 0.3) is 0 Å². The van der Waals surface area contributed by atoms with Gasteiger partial charge in [0.2, 0.25) is 5.91 Å². The van der Waals surface area contributed by atoms with Crippen molar-refractivity contribution in [2.24, 2.45) is 5.92 Å². The molecule has 0 spiro atoms. The van der Waals surface area contributed by atoms with E-state index in [-0.39, 0.29) is 11.7 Å². The fourth-order valence-corrected chi connectivity index (χ4v) is 4.77. The summed E-state index contributed by atoms with van der Waals surface area (Å²) in [7, 11) is 0. The van der Waals surface area contributed by atoms with Crippen LogP contribution in [0.3, 0.4) is 0 Å². The van der Waals surface area contributed by atoms with E-state index in [0.717, 1.165) is 31.4 Å². The molecule has 1 N–H and O–H groups in total. The molecule has 4 rings (SSSR count). The summed E-state index contributed by atoms with van der Waals surface area (Å²) >= 11 is 0. The van der Waals surface area contributed by atoms with Crippen LogP contribution >= 0.6 is 0 Å². The number of hydrogen-bond donors (Lipinski definition) is 1. The number of carbonyl (C=O) groups is 1. The van der Waals surface area contributed by atoms with Crippen LogP contribution in [0.15, 0.2) is 42.5 Å². The first kappa shape index (κ1) is 19.1. The highest BCUT2D eigenvalue weighted by molar-refractivity contribution is 5.91. The van der Waals surface area contributed by atoms with Gasteiger partial charge in [-0.25, -0.2) is 4.39 Å². The lowest BCUT2D eigenvalue weighted by Crippen LogP contribution is -2.43. The van der Waals surface area contributed by atoms with Gasteiger partial charge in [0.15, 0.2) is 0 Å². The number of rotatable bonds is 5. The van der Waals surface area contributed by atoms with Gasteiger partial charge < -0.3 is 5.32 Å². The zero-order chi connectivity index (χ0) is 19.5. The molecular formula is C24H29FN2O. The topological polar surface area (TPSA) is 32.3 Å². The Morgan fingerprint density at radius 3 is 2.64 bits per heavy atom. The number of fused-ring (bicyclic) bond motifs is 1. The lowest BCUT2D eigenvalue weighted by atomic mass is 9.92. The number of aryl methyl sites for hydroxylation is 1. The molecule has 2 aliphatic rings. The zero-order valence-corrected chi connectivity index (χ0v) is 16.6. The molecule has 28 heavy (non-hydrogen) atoms. The zero-order valence-electron chi connectivity index (χ0n) is 16.6. The average Bonchev–Trinajstić information content (AvgIpc) is 3.13. The lowest BCUT2D eigenvalue weighted by molar-refractivity contribution is -0.116. The Bertz CT molecular complexity index is 825. The molecule has 1 saturated heterocycles. The summed E-state index contributed by atoms with van der Waals surface area (Å²) in [4.78, 5) is 15.0. The first-order valence-corrected chi connectivity index (χ1v) is 10.5. The number of nitrogens with one attached hydrogen (secondary N) is 1. The fraction of sp³-hybridized carbons (Fsp3) is 0.458. The molecule has 0 aromatic heterocycles. The maximum absolute atomic E-state index is 13.2. The van der Waals surface area contributed by atoms with Gasteiger partial charge in [-0.15, -0.1) is 0 Å². The molecule has 1 amide bonds. The van der Waals surface area contributed by atoms with E-state index >= 15 is 0 Å². The van der Waals surface area contributed by atoms with Crippen LogP contribution in [0.4, 0.5) is 10.1 Å². The summed E-state index contributed by atoms with van der Waals surface area (Å²) in [5.74, 6) is 0.337. The second kappa shape index (κ2) is 8.44. The van der Waals surface area contributed by atoms with Crippen molar-refractivity contribution in [1.29, 1.82) is 0 Å². The molecule has 0 radical (unpaired) electrons. The summed E-state index contributed by atoms with van der Waals surface area (Å²) in [5.41, 5.74) is 4.48. The van der Waals surface area contributed by atoms with E-state index in [0.29, 0.717) is 24.1 Å². The first-order valence-electron chi connectivity index (χ1n) is 10.5. The number of benzene rings is 2. The molecule has 4 heteroatoms. The number of hydrogen-bond acceptors (Lipinski definition) is 2. The maximum Gasteiger partial charge on any atom is 0.224 e. The maximum atomic E-state index is 13.2. The predicted octanol–water partition coefficient (Wildman–Crippen LogP) is 4.73. The van der Waals surface area contributed by atoms with Gasteiger partial charge in [0.1, 0.15) is 5.82 Å². The third-order valence-electron chi connectivity index (χ3n) is 6.34. The highest BCUT2D eigenvalue weighted by Gasteiger charge is 2.30. The predicted molar refractivity (Wildman–Crippen MR) is 111 cm³/mol. The second-order valence-electron chi connectivity index (χ2n) is 8.38. The van der Waals surface area contributed by atoms with Crippen LogP contribution in [-0.2, 0) is 17.6 Å². The van der Waals surface area contributed by atoms with Crippen molar-refractivity contribution < 1.29 is 9.18 Å². The highest BCUT2D eigenvalue weighted by Crippen LogP contribution is 2.30. The largest absolute Gasteiger partial charge is 0.326 e. The van der Waals surface area contributed by atoms with E-state index in [1.807, 2.05) is 6.92 Å². The Labute approximate surface area is 166 Å². The van der Waals surface area contributed by atoms with Crippen LogP contribution in [0.5, 0.6) is 0 Å². The van der Waals surface area contributed by atoms with Crippen LogP contribution < -0.4 is 5.32 Å². The molecule has 148 valence electrons. The second-order valence-corrected chi connectivity index (χ2v) is 8.38. The lowest BCUT2D eigenvalue weighted by Gasteiger charge is -2.36. The Morgan fingerprint density at radius 1 is 1.18 bits per heavy atom. The summed E-state index contributed by atoms with van der Waals surface area (Å²) < 4.78 is 13.2. The monoisotopic (exact) mass is 380 g/mol. The highest BCUT2D eigenvalue weighted by atomic mass is 19.1. The van der Waals surface area contributed by atoms with Crippen LogP contribution in [0.2, 0.25) is 0 Å². The number of piperidine rings is 1. The molecule has 2 aromatic carbocycles. The molecule has 2 aromatic rings. The number of amides is 1. The van der Waals surface area contributed by atoms with Gasteiger partial charge >= 0.3 is 0 Å². The van der Waals surface area contributed by atoms with Gasteiger partial charge in [0, 0.05) is 24.7 Å². The Balaban J connectivity index is 1.27. The van der Waals surface area contributed by atoms with Crippen molar-refractivity contribution in [2.75, 3.05) is 18.4 Å². The minimum atomic E-state index is -0.271. The van der Waals surface area contributed by atoms with Gasteiger partial charge in [-0.1, -0.05) is 24.3 Å². The third-order valence-corrected chi connectivity index (χ3v) is 6.34. The van der Waals surface area contributed by atoms with E-state index in [4.69, 9.17) is 0 Å². The Hall–Kier alpha value is -2.20. The van der Waals surface area contributed by atoms with Crippen molar-refractivity contribution in [1.82, 2.24) is 4.90 Å². The molecular weight excluding hydrogens is 351 g/mol. The molecule has 0 saturated carbocycles. The molecule has 1 aliphatic heterocycles. The Morgan fingerprint density at radius 2 is 1.93 bits per heavy atom. The summed E-state index contributed by atoms with van der Waals surface area (Å²) in [6, 6.07) is 13.9. The third kappa shape index (κ3) is 4.44. The molecule has 0 bridgehead atoms. The molecule has 1 atom stereocenters. The first-order chi connectivity index (χ1) is 13.6. The number of nitrogens with zero attached hydrogens (tertiary/aromatic N) is 1. The molecule has 1 fully saturated rings. The van der Waals surface area contributed by atoms with Crippen molar-refractivity contribution in [3.05, 3.63) is 65.0 Å². The normalized spacial score (nSPS) is 20.1.